The third kappa shape index (κ3) is 9.11. The summed E-state index contributed by atoms with van der Waals surface area (Å²) in [5, 5.41) is 19.6. The molecule has 252 valence electrons. The van der Waals surface area contributed by atoms with Gasteiger partial charge in [-0.3, -0.25) is 4.79 Å². The summed E-state index contributed by atoms with van der Waals surface area (Å²) in [5.41, 5.74) is 9.27. The molecule has 0 fully saturated rings. The Morgan fingerprint density at radius 1 is 1.04 bits per heavy atom. The number of aliphatic carboxylic acids is 1. The molecule has 2 aromatic heterocycles. The molecule has 1 atom stereocenters. The number of pyridine rings is 1. The highest BCUT2D eigenvalue weighted by atomic mass is 19.4. The van der Waals surface area contributed by atoms with Crippen LogP contribution < -0.4 is 25.8 Å². The van der Waals surface area contributed by atoms with Crippen molar-refractivity contribution in [2.24, 2.45) is 0 Å². The Morgan fingerprint density at radius 2 is 1.79 bits per heavy atom. The molecular weight excluding hydrogens is 631 g/mol. The molecular formula is C33H34F3N7O5. The van der Waals surface area contributed by atoms with Gasteiger partial charge < -0.3 is 30.9 Å². The van der Waals surface area contributed by atoms with Crippen LogP contribution in [0.15, 0.2) is 85.6 Å². The van der Waals surface area contributed by atoms with Crippen LogP contribution in [0.1, 0.15) is 37.9 Å². The number of nitrogens with two attached hydrogens (primary N) is 1. The summed E-state index contributed by atoms with van der Waals surface area (Å²) in [6.45, 7) is 6.58. The van der Waals surface area contributed by atoms with Crippen molar-refractivity contribution in [3.8, 4) is 17.2 Å². The first-order valence-electron chi connectivity index (χ1n) is 14.7. The van der Waals surface area contributed by atoms with Gasteiger partial charge >= 0.3 is 12.1 Å². The van der Waals surface area contributed by atoms with E-state index in [0.717, 1.165) is 33.3 Å². The van der Waals surface area contributed by atoms with E-state index in [1.165, 1.54) is 6.33 Å². The minimum atomic E-state index is -5.08. The summed E-state index contributed by atoms with van der Waals surface area (Å²) in [6.07, 6.45) is -0.337. The van der Waals surface area contributed by atoms with Crippen molar-refractivity contribution < 1.29 is 37.3 Å². The summed E-state index contributed by atoms with van der Waals surface area (Å²) in [7, 11) is 0. The number of alkyl halides is 3. The number of hydrogen-bond donors (Lipinski definition) is 4. The number of aromatic nitrogens is 4. The Bertz CT molecular complexity index is 1850. The first-order valence-corrected chi connectivity index (χ1v) is 14.7. The van der Waals surface area contributed by atoms with Crippen LogP contribution in [0.4, 0.5) is 24.7 Å². The van der Waals surface area contributed by atoms with Crippen LogP contribution in [0.5, 0.6) is 11.5 Å². The average Bonchev–Trinajstić information content (AvgIpc) is 3.58. The molecule has 1 unspecified atom stereocenters. The van der Waals surface area contributed by atoms with Crippen molar-refractivity contribution in [2.75, 3.05) is 17.7 Å². The quantitative estimate of drug-likeness (QED) is 0.138. The molecule has 0 saturated carbocycles. The van der Waals surface area contributed by atoms with Crippen molar-refractivity contribution in [2.45, 2.75) is 45.6 Å². The maximum Gasteiger partial charge on any atom is 0.490 e. The number of nitrogens with zero attached hydrogens (tertiary/aromatic N) is 4. The minimum absolute atomic E-state index is 0.0261. The number of carbonyl (C=O) groups is 2. The van der Waals surface area contributed by atoms with Crippen LogP contribution in [0.3, 0.4) is 0 Å². The zero-order valence-corrected chi connectivity index (χ0v) is 26.2. The summed E-state index contributed by atoms with van der Waals surface area (Å²) in [4.78, 5) is 31.0. The number of ether oxygens (including phenoxy) is 2. The molecule has 5 aromatic rings. The van der Waals surface area contributed by atoms with Gasteiger partial charge in [0.05, 0.1) is 18.4 Å². The van der Waals surface area contributed by atoms with Crippen LogP contribution >= 0.6 is 0 Å². The van der Waals surface area contributed by atoms with Crippen molar-refractivity contribution >= 4 is 34.2 Å². The van der Waals surface area contributed by atoms with Gasteiger partial charge in [0, 0.05) is 23.8 Å². The molecule has 1 amide bonds. The van der Waals surface area contributed by atoms with Gasteiger partial charge in [-0.2, -0.15) is 18.3 Å². The summed E-state index contributed by atoms with van der Waals surface area (Å²) < 4.78 is 45.3. The number of anilines is 2. The molecule has 0 spiro atoms. The maximum absolute atomic E-state index is 13.9. The number of hydrogen-bond acceptors (Lipinski definition) is 9. The monoisotopic (exact) mass is 665 g/mol. The molecule has 0 radical (unpaired) electrons. The highest BCUT2D eigenvalue weighted by Gasteiger charge is 2.38. The number of halogens is 3. The van der Waals surface area contributed by atoms with Gasteiger partial charge in [0.25, 0.3) is 0 Å². The van der Waals surface area contributed by atoms with E-state index in [0.29, 0.717) is 30.5 Å². The number of carboxylic acids is 1. The van der Waals surface area contributed by atoms with E-state index in [1.807, 2.05) is 87.5 Å². The second-order valence-corrected chi connectivity index (χ2v) is 10.5. The third-order valence-corrected chi connectivity index (χ3v) is 6.68. The Hall–Kier alpha value is -5.86. The largest absolute Gasteiger partial charge is 0.490 e. The SMILES string of the molecule is CCOc1cc(C(Nc2ccc3c(N)nccc3c2)C(=O)NCc2ccccc2-n2cncn2)ccc1OC(C)C.O=C(O)C(F)(F)F. The van der Waals surface area contributed by atoms with Gasteiger partial charge in [0.2, 0.25) is 5.91 Å². The Morgan fingerprint density at radius 3 is 2.46 bits per heavy atom. The zero-order chi connectivity index (χ0) is 34.8. The molecule has 2 heterocycles. The number of benzene rings is 3. The molecule has 0 saturated heterocycles. The molecule has 5 N–H and O–H groups in total. The highest BCUT2D eigenvalue weighted by molar-refractivity contribution is 5.94. The smallest absolute Gasteiger partial charge is 0.490 e. The molecule has 5 rings (SSSR count). The Kier molecular flexibility index (Phi) is 11.4. The van der Waals surface area contributed by atoms with Crippen molar-refractivity contribution in [3.63, 3.8) is 0 Å². The first kappa shape index (κ1) is 35.0. The Balaban J connectivity index is 0.000000671. The molecule has 48 heavy (non-hydrogen) atoms. The lowest BCUT2D eigenvalue weighted by Crippen LogP contribution is -2.33. The fourth-order valence-corrected chi connectivity index (χ4v) is 4.58. The number of fused-ring (bicyclic) bond motifs is 1. The van der Waals surface area contributed by atoms with Crippen LogP contribution in [0.2, 0.25) is 0 Å². The Labute approximate surface area is 273 Å². The predicted octanol–water partition coefficient (Wildman–Crippen LogP) is 5.69. The summed E-state index contributed by atoms with van der Waals surface area (Å²) in [5.74, 6) is -1.32. The molecule has 15 heteroatoms. The lowest BCUT2D eigenvalue weighted by molar-refractivity contribution is -0.192. The van der Waals surface area contributed by atoms with Gasteiger partial charge in [-0.25, -0.2) is 19.4 Å². The number of nitrogen functional groups attached to an aromatic ring is 1. The highest BCUT2D eigenvalue weighted by Crippen LogP contribution is 2.33. The third-order valence-electron chi connectivity index (χ3n) is 6.68. The summed E-state index contributed by atoms with van der Waals surface area (Å²) >= 11 is 0. The van der Waals surface area contributed by atoms with E-state index in [1.54, 1.807) is 17.2 Å². The van der Waals surface area contributed by atoms with Crippen LogP contribution in [0.25, 0.3) is 16.5 Å². The predicted molar refractivity (Wildman–Crippen MR) is 173 cm³/mol. The maximum atomic E-state index is 13.9. The molecule has 0 aliphatic rings. The molecule has 3 aromatic carbocycles. The molecule has 0 aliphatic carbocycles. The van der Waals surface area contributed by atoms with Gasteiger partial charge in [-0.05, 0) is 79.7 Å². The number of rotatable bonds is 11. The topological polar surface area (TPSA) is 167 Å². The molecule has 12 nitrogen and oxygen atoms in total. The van der Waals surface area contributed by atoms with E-state index in [-0.39, 0.29) is 12.0 Å². The van der Waals surface area contributed by atoms with Crippen LogP contribution in [-0.4, -0.2) is 55.6 Å². The van der Waals surface area contributed by atoms with Crippen molar-refractivity contribution in [1.82, 2.24) is 25.1 Å². The van der Waals surface area contributed by atoms with Gasteiger partial charge in [-0.1, -0.05) is 24.3 Å². The zero-order valence-electron chi connectivity index (χ0n) is 26.2. The van der Waals surface area contributed by atoms with E-state index in [2.05, 4.69) is 25.7 Å². The fraction of sp³-hybridized carbons (Fsp3) is 0.242. The summed E-state index contributed by atoms with van der Waals surface area (Å²) in [6, 6.07) is 20.2. The second-order valence-electron chi connectivity index (χ2n) is 10.5. The number of carboxylic acid groups (broad SMARTS) is 1. The average molecular weight is 666 g/mol. The van der Waals surface area contributed by atoms with Crippen molar-refractivity contribution in [3.05, 3.63) is 96.7 Å². The van der Waals surface area contributed by atoms with Crippen LogP contribution in [0, 0.1) is 0 Å². The van der Waals surface area contributed by atoms with Gasteiger partial charge in [0.1, 0.15) is 24.5 Å². The van der Waals surface area contributed by atoms with Gasteiger partial charge in [0.15, 0.2) is 11.5 Å². The van der Waals surface area contributed by atoms with Crippen molar-refractivity contribution in [1.29, 1.82) is 0 Å². The second kappa shape index (κ2) is 15.6. The molecule has 0 bridgehead atoms. The van der Waals surface area contributed by atoms with Crippen LogP contribution in [-0.2, 0) is 16.1 Å². The molecule has 0 aliphatic heterocycles. The number of para-hydroxylation sites is 1. The lowest BCUT2D eigenvalue weighted by Gasteiger charge is -2.23. The standard InChI is InChI=1S/C31H33N7O3.C2HF3O2/c1-4-40-28-16-22(9-12-27(28)41-20(2)3)29(37-24-10-11-25-21(15-24)13-14-34-30(25)32)31(39)35-17-23-7-5-6-8-26(23)38-19-33-18-36-38;3-2(4,5)1(6)7/h5-16,18-20,29,37H,4,17H2,1-3H3,(H2,32,34)(H,35,39);(H,6,7). The van der Waals surface area contributed by atoms with E-state index < -0.39 is 18.2 Å². The lowest BCUT2D eigenvalue weighted by atomic mass is 10.0. The number of carbonyl (C=O) groups excluding carboxylic acids is 1. The number of nitrogens with one attached hydrogen (secondary N) is 2. The normalized spacial score (nSPS) is 11.7. The number of amides is 1. The van der Waals surface area contributed by atoms with E-state index in [9.17, 15) is 18.0 Å². The first-order chi connectivity index (χ1) is 22.9. The fourth-order valence-electron chi connectivity index (χ4n) is 4.58. The minimum Gasteiger partial charge on any atom is -0.490 e. The van der Waals surface area contributed by atoms with E-state index in [4.69, 9.17) is 25.1 Å². The van der Waals surface area contributed by atoms with E-state index >= 15 is 0 Å². The van der Waals surface area contributed by atoms with Gasteiger partial charge in [-0.15, -0.1) is 0 Å².